The Morgan fingerprint density at radius 1 is 1.69 bits per heavy atom. The number of amides is 1. The molecule has 1 amide bonds. The first-order valence-corrected chi connectivity index (χ1v) is 3.88. The van der Waals surface area contributed by atoms with Gasteiger partial charge in [-0.3, -0.25) is 4.79 Å². The molecular weight excluding hydrogens is 174 g/mol. The second-order valence-electron chi connectivity index (χ2n) is 2.43. The summed E-state index contributed by atoms with van der Waals surface area (Å²) >= 11 is 0. The number of hydrogen-bond acceptors (Lipinski definition) is 4. The average molecular weight is 189 g/mol. The van der Waals surface area contributed by atoms with Crippen LogP contribution in [-0.4, -0.2) is 48.7 Å². The van der Waals surface area contributed by atoms with Gasteiger partial charge in [-0.2, -0.15) is 0 Å². The Labute approximate surface area is 76.9 Å². The number of amidine groups is 1. The van der Waals surface area contributed by atoms with Crippen LogP contribution in [0.1, 0.15) is 6.92 Å². The van der Waals surface area contributed by atoms with Crippen molar-refractivity contribution in [3.05, 3.63) is 0 Å². The molecule has 0 heterocycles. The lowest BCUT2D eigenvalue weighted by Gasteiger charge is -2.19. The topological polar surface area (TPSA) is 88.1 Å². The maximum atomic E-state index is 11.2. The first kappa shape index (κ1) is 11.7. The normalized spacial score (nSPS) is 11.4. The maximum Gasteiger partial charge on any atom is 0.248 e. The van der Waals surface area contributed by atoms with E-state index < -0.39 is 0 Å². The molecule has 3 N–H and O–H groups in total. The lowest BCUT2D eigenvalue weighted by molar-refractivity contribution is -0.134. The van der Waals surface area contributed by atoms with Crippen LogP contribution in [0.2, 0.25) is 0 Å². The molecule has 6 heteroatoms. The van der Waals surface area contributed by atoms with E-state index in [-0.39, 0.29) is 24.9 Å². The van der Waals surface area contributed by atoms with Crippen molar-refractivity contribution in [2.45, 2.75) is 6.92 Å². The summed E-state index contributed by atoms with van der Waals surface area (Å²) < 4.78 is 4.67. The highest BCUT2D eigenvalue weighted by atomic mass is 16.5. The molecule has 13 heavy (non-hydrogen) atoms. The van der Waals surface area contributed by atoms with Crippen molar-refractivity contribution in [3.8, 4) is 0 Å². The van der Waals surface area contributed by atoms with Crippen LogP contribution >= 0.6 is 0 Å². The molecule has 0 unspecified atom stereocenters. The number of carbonyl (C=O) groups excluding carboxylic acids is 1. The zero-order chi connectivity index (χ0) is 10.3. The van der Waals surface area contributed by atoms with Crippen molar-refractivity contribution in [2.75, 3.05) is 26.8 Å². The van der Waals surface area contributed by atoms with Crippen LogP contribution in [-0.2, 0) is 9.53 Å². The Morgan fingerprint density at radius 3 is 2.69 bits per heavy atom. The summed E-state index contributed by atoms with van der Waals surface area (Å²) in [6, 6.07) is 0. The molecule has 0 saturated heterocycles. The summed E-state index contributed by atoms with van der Waals surface area (Å²) in [6.07, 6.45) is 0. The van der Waals surface area contributed by atoms with Crippen LogP contribution in [0.5, 0.6) is 0 Å². The minimum absolute atomic E-state index is 0.00584. The van der Waals surface area contributed by atoms with Gasteiger partial charge in [-0.1, -0.05) is 5.16 Å². The Kier molecular flexibility index (Phi) is 5.62. The molecule has 0 aliphatic carbocycles. The van der Waals surface area contributed by atoms with Gasteiger partial charge in [0.1, 0.15) is 6.61 Å². The minimum atomic E-state index is -0.184. The first-order chi connectivity index (χ1) is 6.15. The van der Waals surface area contributed by atoms with E-state index in [2.05, 4.69) is 9.89 Å². The monoisotopic (exact) mass is 189 g/mol. The van der Waals surface area contributed by atoms with E-state index in [0.717, 1.165) is 0 Å². The summed E-state index contributed by atoms with van der Waals surface area (Å²) in [7, 11) is 1.44. The first-order valence-electron chi connectivity index (χ1n) is 3.88. The molecule has 0 aromatic carbocycles. The highest BCUT2D eigenvalue weighted by Gasteiger charge is 2.12. The Morgan fingerprint density at radius 2 is 2.31 bits per heavy atom. The van der Waals surface area contributed by atoms with Gasteiger partial charge in [-0.25, -0.2) is 0 Å². The molecule has 6 nitrogen and oxygen atoms in total. The van der Waals surface area contributed by atoms with E-state index in [9.17, 15) is 4.79 Å². The molecule has 0 aliphatic heterocycles. The number of oxime groups is 1. The van der Waals surface area contributed by atoms with E-state index >= 15 is 0 Å². The van der Waals surface area contributed by atoms with E-state index in [1.54, 1.807) is 6.92 Å². The largest absolute Gasteiger partial charge is 0.409 e. The second-order valence-corrected chi connectivity index (χ2v) is 2.43. The minimum Gasteiger partial charge on any atom is -0.409 e. The van der Waals surface area contributed by atoms with Crippen LogP contribution in [0, 0.1) is 0 Å². The third kappa shape index (κ3) is 4.32. The molecule has 0 bridgehead atoms. The number of hydrogen-bond donors (Lipinski definition) is 2. The number of carbonyl (C=O) groups is 1. The van der Waals surface area contributed by atoms with Crippen LogP contribution in [0.3, 0.4) is 0 Å². The molecule has 0 fully saturated rings. The van der Waals surface area contributed by atoms with Crippen molar-refractivity contribution < 1.29 is 14.7 Å². The second kappa shape index (κ2) is 6.24. The average Bonchev–Trinajstić information content (AvgIpc) is 2.14. The fourth-order valence-corrected chi connectivity index (χ4v) is 0.818. The number of nitrogens with zero attached hydrogens (tertiary/aromatic N) is 2. The van der Waals surface area contributed by atoms with E-state index in [0.29, 0.717) is 6.54 Å². The number of likely N-dealkylation sites (N-methyl/N-ethyl adjacent to an activating group) is 1. The quantitative estimate of drug-likeness (QED) is 0.257. The van der Waals surface area contributed by atoms with Gasteiger partial charge >= 0.3 is 0 Å². The Bertz CT molecular complexity index is 193. The molecule has 0 spiro atoms. The SMILES string of the molecule is CCN(CC(N)=NO)C(=O)COC. The van der Waals surface area contributed by atoms with Crippen molar-refractivity contribution in [1.82, 2.24) is 4.90 Å². The van der Waals surface area contributed by atoms with E-state index in [1.165, 1.54) is 12.0 Å². The molecule has 0 radical (unpaired) electrons. The summed E-state index contributed by atoms with van der Waals surface area (Å²) in [5.74, 6) is -0.178. The summed E-state index contributed by atoms with van der Waals surface area (Å²) in [5.41, 5.74) is 5.25. The van der Waals surface area contributed by atoms with Gasteiger partial charge < -0.3 is 20.6 Å². The predicted octanol–water partition coefficient (Wildman–Crippen LogP) is -0.772. The van der Waals surface area contributed by atoms with Crippen molar-refractivity contribution in [2.24, 2.45) is 10.9 Å². The van der Waals surface area contributed by atoms with Crippen LogP contribution in [0.25, 0.3) is 0 Å². The van der Waals surface area contributed by atoms with Crippen molar-refractivity contribution in [1.29, 1.82) is 0 Å². The van der Waals surface area contributed by atoms with Gasteiger partial charge in [-0.05, 0) is 6.92 Å². The molecule has 0 aromatic heterocycles. The van der Waals surface area contributed by atoms with Crippen LogP contribution in [0.4, 0.5) is 0 Å². The molecule has 0 saturated carbocycles. The fraction of sp³-hybridized carbons (Fsp3) is 0.714. The van der Waals surface area contributed by atoms with E-state index in [1.807, 2.05) is 0 Å². The van der Waals surface area contributed by atoms with Gasteiger partial charge in [0.25, 0.3) is 0 Å². The molecule has 76 valence electrons. The standard InChI is InChI=1S/C7H15N3O3/c1-3-10(4-6(8)9-12)7(11)5-13-2/h12H,3-5H2,1-2H3,(H2,8,9). The van der Waals surface area contributed by atoms with Gasteiger partial charge in [0.05, 0.1) is 6.54 Å². The van der Waals surface area contributed by atoms with Crippen molar-refractivity contribution in [3.63, 3.8) is 0 Å². The lowest BCUT2D eigenvalue weighted by Crippen LogP contribution is -2.40. The Hall–Kier alpha value is -1.30. The van der Waals surface area contributed by atoms with Gasteiger partial charge in [0.2, 0.25) is 5.91 Å². The number of methoxy groups -OCH3 is 1. The smallest absolute Gasteiger partial charge is 0.248 e. The maximum absolute atomic E-state index is 11.2. The summed E-state index contributed by atoms with van der Waals surface area (Å²) in [5, 5.41) is 11.1. The third-order valence-electron chi connectivity index (χ3n) is 1.48. The zero-order valence-electron chi connectivity index (χ0n) is 7.86. The Balaban J connectivity index is 4.09. The number of rotatable bonds is 5. The number of nitrogens with two attached hydrogens (primary N) is 1. The zero-order valence-corrected chi connectivity index (χ0v) is 7.86. The van der Waals surface area contributed by atoms with E-state index in [4.69, 9.17) is 10.9 Å². The van der Waals surface area contributed by atoms with Gasteiger partial charge in [0.15, 0.2) is 5.84 Å². The number of ether oxygens (including phenoxy) is 1. The van der Waals surface area contributed by atoms with Gasteiger partial charge in [0, 0.05) is 13.7 Å². The van der Waals surface area contributed by atoms with Crippen LogP contribution in [0.15, 0.2) is 5.16 Å². The molecule has 0 aromatic rings. The highest BCUT2D eigenvalue weighted by molar-refractivity contribution is 5.87. The lowest BCUT2D eigenvalue weighted by atomic mass is 10.4. The molecule has 0 aliphatic rings. The molecule has 0 atom stereocenters. The highest BCUT2D eigenvalue weighted by Crippen LogP contribution is 1.89. The molecule has 0 rings (SSSR count). The van der Waals surface area contributed by atoms with Crippen molar-refractivity contribution >= 4 is 11.7 Å². The summed E-state index contributed by atoms with van der Waals surface area (Å²) in [4.78, 5) is 12.7. The van der Waals surface area contributed by atoms with Gasteiger partial charge in [-0.15, -0.1) is 0 Å². The van der Waals surface area contributed by atoms with Crippen LogP contribution < -0.4 is 5.73 Å². The fourth-order valence-electron chi connectivity index (χ4n) is 0.818. The third-order valence-corrected chi connectivity index (χ3v) is 1.48. The summed E-state index contributed by atoms with van der Waals surface area (Å²) in [6.45, 7) is 2.43. The predicted molar refractivity (Wildman–Crippen MR) is 47.5 cm³/mol. The molecular formula is C7H15N3O3.